The van der Waals surface area contributed by atoms with Gasteiger partial charge >= 0.3 is 6.18 Å². The van der Waals surface area contributed by atoms with E-state index in [1.807, 2.05) is 0 Å². The van der Waals surface area contributed by atoms with E-state index in [9.17, 15) is 13.2 Å². The van der Waals surface area contributed by atoms with Gasteiger partial charge in [-0.05, 0) is 6.42 Å². The fourth-order valence-corrected chi connectivity index (χ4v) is 2.89. The van der Waals surface area contributed by atoms with Crippen LogP contribution in [0.4, 0.5) is 13.2 Å². The van der Waals surface area contributed by atoms with Crippen molar-refractivity contribution in [1.82, 2.24) is 20.4 Å². The van der Waals surface area contributed by atoms with E-state index >= 15 is 0 Å². The maximum absolute atomic E-state index is 12.4. The van der Waals surface area contributed by atoms with Gasteiger partial charge in [0.25, 0.3) is 0 Å². The van der Waals surface area contributed by atoms with Crippen molar-refractivity contribution in [2.45, 2.75) is 18.6 Å². The first-order valence-corrected chi connectivity index (χ1v) is 8.02. The fraction of sp³-hybridized carbons (Fsp3) is 0.929. The predicted molar refractivity (Wildman–Crippen MR) is 82.7 cm³/mol. The van der Waals surface area contributed by atoms with E-state index < -0.39 is 12.7 Å². The number of halogens is 3. The molecule has 1 atom stereocenters. The highest BCUT2D eigenvalue weighted by molar-refractivity contribution is 5.80. The molecule has 0 bridgehead atoms. The van der Waals surface area contributed by atoms with Crippen LogP contribution in [-0.2, 0) is 4.74 Å². The van der Waals surface area contributed by atoms with E-state index in [2.05, 4.69) is 20.5 Å². The Labute approximate surface area is 135 Å². The van der Waals surface area contributed by atoms with Gasteiger partial charge in [-0.3, -0.25) is 14.8 Å². The highest BCUT2D eigenvalue weighted by atomic mass is 19.4. The number of likely N-dealkylation sites (tertiary alicyclic amines) is 1. The second kappa shape index (κ2) is 8.70. The molecular weight excluding hydrogens is 311 g/mol. The molecule has 0 aliphatic carbocycles. The molecule has 6 nitrogen and oxygen atoms in total. The second-order valence-corrected chi connectivity index (χ2v) is 5.93. The lowest BCUT2D eigenvalue weighted by atomic mass is 10.3. The Bertz CT molecular complexity index is 385. The van der Waals surface area contributed by atoms with Gasteiger partial charge in [0.2, 0.25) is 0 Å². The number of hydrogen-bond acceptors (Lipinski definition) is 4. The summed E-state index contributed by atoms with van der Waals surface area (Å²) in [6.07, 6.45) is -3.44. The molecule has 2 aliphatic heterocycles. The summed E-state index contributed by atoms with van der Waals surface area (Å²) >= 11 is 0. The predicted octanol–water partition coefficient (Wildman–Crippen LogP) is 0.120. The summed E-state index contributed by atoms with van der Waals surface area (Å²) in [5.74, 6) is 0.650. The molecule has 9 heteroatoms. The lowest BCUT2D eigenvalue weighted by Crippen LogP contribution is -2.48. The van der Waals surface area contributed by atoms with Crippen LogP contribution in [0.25, 0.3) is 0 Å². The average Bonchev–Trinajstić information content (AvgIpc) is 2.92. The van der Waals surface area contributed by atoms with Crippen molar-refractivity contribution in [2.24, 2.45) is 4.99 Å². The number of ether oxygens (including phenoxy) is 1. The molecule has 0 aromatic rings. The normalized spacial score (nSPS) is 24.9. The third kappa shape index (κ3) is 6.92. The van der Waals surface area contributed by atoms with E-state index in [1.165, 1.54) is 4.90 Å². The van der Waals surface area contributed by atoms with Gasteiger partial charge in [-0.15, -0.1) is 0 Å². The monoisotopic (exact) mass is 337 g/mol. The zero-order valence-electron chi connectivity index (χ0n) is 13.5. The van der Waals surface area contributed by atoms with E-state index in [-0.39, 0.29) is 6.04 Å². The number of alkyl halides is 3. The molecule has 2 saturated heterocycles. The molecule has 0 saturated carbocycles. The van der Waals surface area contributed by atoms with Gasteiger partial charge in [0.05, 0.1) is 19.8 Å². The van der Waals surface area contributed by atoms with Gasteiger partial charge in [-0.1, -0.05) is 0 Å². The molecule has 2 fully saturated rings. The smallest absolute Gasteiger partial charge is 0.379 e. The van der Waals surface area contributed by atoms with Crippen LogP contribution in [-0.4, -0.2) is 94.1 Å². The molecule has 1 unspecified atom stereocenters. The van der Waals surface area contributed by atoms with Gasteiger partial charge in [0.1, 0.15) is 0 Å². The first-order chi connectivity index (χ1) is 11.0. The fourth-order valence-electron chi connectivity index (χ4n) is 2.89. The Balaban J connectivity index is 1.65. The summed E-state index contributed by atoms with van der Waals surface area (Å²) in [7, 11) is 1.67. The molecule has 2 N–H and O–H groups in total. The van der Waals surface area contributed by atoms with Gasteiger partial charge in [0, 0.05) is 52.4 Å². The number of nitrogens with zero attached hydrogens (tertiary/aromatic N) is 3. The standard InChI is InChI=1S/C14H26F3N5O/c1-18-13(19-3-5-21-6-8-23-9-7-21)20-12-2-4-22(10-12)11-14(15,16)17/h12H,2-11H2,1H3,(H2,18,19,20). The van der Waals surface area contributed by atoms with Crippen LogP contribution in [0, 0.1) is 0 Å². The minimum atomic E-state index is -4.13. The van der Waals surface area contributed by atoms with Crippen molar-refractivity contribution in [3.63, 3.8) is 0 Å². The topological polar surface area (TPSA) is 52.1 Å². The summed E-state index contributed by atoms with van der Waals surface area (Å²) < 4.78 is 42.5. The van der Waals surface area contributed by atoms with Crippen LogP contribution in [0.2, 0.25) is 0 Å². The summed E-state index contributed by atoms with van der Waals surface area (Å²) in [5.41, 5.74) is 0. The minimum Gasteiger partial charge on any atom is -0.379 e. The first-order valence-electron chi connectivity index (χ1n) is 8.02. The maximum Gasteiger partial charge on any atom is 0.401 e. The summed E-state index contributed by atoms with van der Waals surface area (Å²) in [6, 6.07) is 0.00642. The van der Waals surface area contributed by atoms with E-state index in [1.54, 1.807) is 7.05 Å². The van der Waals surface area contributed by atoms with Crippen LogP contribution in [0.15, 0.2) is 4.99 Å². The zero-order chi connectivity index (χ0) is 16.7. The summed E-state index contributed by atoms with van der Waals surface area (Å²) in [4.78, 5) is 7.88. The van der Waals surface area contributed by atoms with Gasteiger partial charge in [-0.25, -0.2) is 0 Å². The number of hydrogen-bond donors (Lipinski definition) is 2. The molecule has 0 spiro atoms. The van der Waals surface area contributed by atoms with Crippen molar-refractivity contribution in [3.8, 4) is 0 Å². The molecule has 0 radical (unpaired) electrons. The number of rotatable bonds is 5. The van der Waals surface area contributed by atoms with Crippen LogP contribution >= 0.6 is 0 Å². The van der Waals surface area contributed by atoms with Gasteiger partial charge in [0.15, 0.2) is 5.96 Å². The number of aliphatic imine (C=N–C) groups is 1. The Hall–Kier alpha value is -1.06. The molecule has 23 heavy (non-hydrogen) atoms. The molecule has 134 valence electrons. The molecule has 2 aliphatic rings. The quantitative estimate of drug-likeness (QED) is 0.551. The number of morpholine rings is 1. The maximum atomic E-state index is 12.4. The average molecular weight is 337 g/mol. The number of guanidine groups is 1. The van der Waals surface area contributed by atoms with Crippen molar-refractivity contribution >= 4 is 5.96 Å². The van der Waals surface area contributed by atoms with E-state index in [4.69, 9.17) is 4.74 Å². The zero-order valence-corrected chi connectivity index (χ0v) is 13.5. The molecule has 0 aromatic carbocycles. The van der Waals surface area contributed by atoms with Gasteiger partial charge < -0.3 is 15.4 Å². The SMILES string of the molecule is CN=C(NCCN1CCOCC1)NC1CCN(CC(F)(F)F)C1. The van der Waals surface area contributed by atoms with E-state index in [0.717, 1.165) is 39.4 Å². The Morgan fingerprint density at radius 1 is 1.22 bits per heavy atom. The third-order valence-corrected chi connectivity index (χ3v) is 4.06. The Kier molecular flexibility index (Phi) is 6.91. The summed E-state index contributed by atoms with van der Waals surface area (Å²) in [5, 5.41) is 6.43. The lowest BCUT2D eigenvalue weighted by molar-refractivity contribution is -0.143. The highest BCUT2D eigenvalue weighted by Gasteiger charge is 2.34. The van der Waals surface area contributed by atoms with Crippen LogP contribution in [0.1, 0.15) is 6.42 Å². The Morgan fingerprint density at radius 2 is 1.96 bits per heavy atom. The molecule has 2 heterocycles. The lowest BCUT2D eigenvalue weighted by Gasteiger charge is -2.27. The van der Waals surface area contributed by atoms with Gasteiger partial charge in [-0.2, -0.15) is 13.2 Å². The summed E-state index contributed by atoms with van der Waals surface area (Å²) in [6.45, 7) is 5.06. The second-order valence-electron chi connectivity index (χ2n) is 5.93. The number of nitrogens with one attached hydrogen (secondary N) is 2. The van der Waals surface area contributed by atoms with E-state index in [0.29, 0.717) is 25.5 Å². The highest BCUT2D eigenvalue weighted by Crippen LogP contribution is 2.19. The van der Waals surface area contributed by atoms with Crippen LogP contribution in [0.5, 0.6) is 0 Å². The third-order valence-electron chi connectivity index (χ3n) is 4.06. The largest absolute Gasteiger partial charge is 0.401 e. The van der Waals surface area contributed by atoms with Crippen LogP contribution < -0.4 is 10.6 Å². The molecular formula is C14H26F3N5O. The molecule has 0 amide bonds. The van der Waals surface area contributed by atoms with Crippen LogP contribution in [0.3, 0.4) is 0 Å². The first kappa shape index (κ1) is 18.3. The van der Waals surface area contributed by atoms with Crippen molar-refractivity contribution in [2.75, 3.05) is 66.1 Å². The molecule has 0 aromatic heterocycles. The minimum absolute atomic E-state index is 0.00642. The van der Waals surface area contributed by atoms with Crippen molar-refractivity contribution < 1.29 is 17.9 Å². The Morgan fingerprint density at radius 3 is 2.61 bits per heavy atom. The van der Waals surface area contributed by atoms with Crippen molar-refractivity contribution in [3.05, 3.63) is 0 Å². The molecule has 2 rings (SSSR count). The van der Waals surface area contributed by atoms with Crippen molar-refractivity contribution in [1.29, 1.82) is 0 Å².